The summed E-state index contributed by atoms with van der Waals surface area (Å²) in [5.41, 5.74) is 0. The second kappa shape index (κ2) is 4.26. The maximum atomic E-state index is 12.8. The highest BCUT2D eigenvalue weighted by Crippen LogP contribution is 2.55. The van der Waals surface area contributed by atoms with Gasteiger partial charge in [0.25, 0.3) is 10.1 Å². The molecule has 3 nitrogen and oxygen atoms in total. The van der Waals surface area contributed by atoms with Crippen LogP contribution in [0.15, 0.2) is 0 Å². The molecule has 108 valence electrons. The Morgan fingerprint density at radius 3 is 1.83 bits per heavy atom. The smallest absolute Gasteiger partial charge is 0.285 e. The fourth-order valence-electron chi connectivity index (χ4n) is 2.37. The molecule has 2 unspecified atom stereocenters. The van der Waals surface area contributed by atoms with E-state index in [-0.39, 0.29) is 12.8 Å². The molecule has 1 N–H and O–H groups in total. The number of alkyl halides is 6. The Morgan fingerprint density at radius 2 is 1.56 bits per heavy atom. The minimum Gasteiger partial charge on any atom is -0.285 e. The third-order valence-corrected chi connectivity index (χ3v) is 4.83. The van der Waals surface area contributed by atoms with Crippen molar-refractivity contribution in [1.29, 1.82) is 0 Å². The van der Waals surface area contributed by atoms with Crippen molar-refractivity contribution in [2.75, 3.05) is 0 Å². The van der Waals surface area contributed by atoms with Gasteiger partial charge in [0, 0.05) is 0 Å². The van der Waals surface area contributed by atoms with Gasteiger partial charge in [-0.15, -0.1) is 0 Å². The fraction of sp³-hybridized carbons (Fsp3) is 1.00. The fourth-order valence-corrected chi connectivity index (χ4v) is 3.67. The minimum absolute atomic E-state index is 0.169. The molecule has 1 rings (SSSR count). The van der Waals surface area contributed by atoms with Crippen molar-refractivity contribution in [2.24, 2.45) is 5.92 Å². The van der Waals surface area contributed by atoms with Crippen LogP contribution < -0.4 is 0 Å². The molecule has 0 amide bonds. The summed E-state index contributed by atoms with van der Waals surface area (Å²) in [6, 6.07) is 0. The van der Waals surface area contributed by atoms with Gasteiger partial charge >= 0.3 is 12.4 Å². The van der Waals surface area contributed by atoms with E-state index in [0.717, 1.165) is 0 Å². The SMILES string of the molecule is O=S(=O)(O)C1(C(F)(F)F)CCCCC1C(F)(F)F. The molecule has 2 atom stereocenters. The van der Waals surface area contributed by atoms with Gasteiger partial charge in [0.15, 0.2) is 0 Å². The van der Waals surface area contributed by atoms with Crippen LogP contribution in [0.25, 0.3) is 0 Å². The Morgan fingerprint density at radius 1 is 1.06 bits per heavy atom. The summed E-state index contributed by atoms with van der Waals surface area (Å²) in [5, 5.41) is 0. The van der Waals surface area contributed by atoms with E-state index in [1.807, 2.05) is 0 Å². The first kappa shape index (κ1) is 15.5. The molecular weight excluding hydrogens is 290 g/mol. The van der Waals surface area contributed by atoms with Crippen molar-refractivity contribution in [3.05, 3.63) is 0 Å². The lowest BCUT2D eigenvalue weighted by molar-refractivity contribution is -0.251. The Labute approximate surface area is 98.9 Å². The zero-order valence-corrected chi connectivity index (χ0v) is 9.66. The maximum Gasteiger partial charge on any atom is 0.411 e. The lowest BCUT2D eigenvalue weighted by Gasteiger charge is -2.42. The second-order valence-electron chi connectivity index (χ2n) is 4.20. The molecule has 0 saturated heterocycles. The van der Waals surface area contributed by atoms with Gasteiger partial charge in [0.2, 0.25) is 4.75 Å². The van der Waals surface area contributed by atoms with Gasteiger partial charge in [-0.25, -0.2) is 0 Å². The van der Waals surface area contributed by atoms with Crippen LogP contribution in [0.3, 0.4) is 0 Å². The Hall–Kier alpha value is -0.510. The van der Waals surface area contributed by atoms with Crippen molar-refractivity contribution in [2.45, 2.75) is 42.8 Å². The lowest BCUT2D eigenvalue weighted by atomic mass is 9.77. The molecule has 1 aliphatic carbocycles. The lowest BCUT2D eigenvalue weighted by Crippen LogP contribution is -2.62. The first-order chi connectivity index (χ1) is 7.84. The molecule has 0 aliphatic heterocycles. The summed E-state index contributed by atoms with van der Waals surface area (Å²) in [5.74, 6) is -3.13. The summed E-state index contributed by atoms with van der Waals surface area (Å²) >= 11 is 0. The number of hydrogen-bond donors (Lipinski definition) is 1. The Bertz CT molecular complexity index is 412. The Balaban J connectivity index is 3.49. The summed E-state index contributed by atoms with van der Waals surface area (Å²) in [6.07, 6.45) is -13.8. The predicted molar refractivity (Wildman–Crippen MR) is 48.3 cm³/mol. The van der Waals surface area contributed by atoms with Gasteiger partial charge in [0.1, 0.15) is 0 Å². The monoisotopic (exact) mass is 300 g/mol. The number of rotatable bonds is 1. The molecule has 0 aromatic rings. The van der Waals surface area contributed by atoms with Gasteiger partial charge in [0.05, 0.1) is 5.92 Å². The molecule has 0 heterocycles. The van der Waals surface area contributed by atoms with Gasteiger partial charge in [-0.1, -0.05) is 12.8 Å². The van der Waals surface area contributed by atoms with Gasteiger partial charge in [-0.2, -0.15) is 34.8 Å². The normalized spacial score (nSPS) is 31.4. The van der Waals surface area contributed by atoms with E-state index in [1.165, 1.54) is 0 Å². The van der Waals surface area contributed by atoms with E-state index in [1.54, 1.807) is 0 Å². The van der Waals surface area contributed by atoms with Gasteiger partial charge in [-0.05, 0) is 12.8 Å². The van der Waals surface area contributed by atoms with E-state index >= 15 is 0 Å². The number of hydrogen-bond acceptors (Lipinski definition) is 2. The van der Waals surface area contributed by atoms with Crippen LogP contribution >= 0.6 is 0 Å². The first-order valence-corrected chi connectivity index (χ1v) is 6.38. The van der Waals surface area contributed by atoms with Crippen LogP contribution in [0.4, 0.5) is 26.3 Å². The summed E-state index contributed by atoms with van der Waals surface area (Å²) in [7, 11) is -5.92. The third-order valence-electron chi connectivity index (χ3n) is 3.19. The molecule has 0 radical (unpaired) electrons. The van der Waals surface area contributed by atoms with Gasteiger partial charge in [-0.3, -0.25) is 4.55 Å². The largest absolute Gasteiger partial charge is 0.411 e. The average molecular weight is 300 g/mol. The highest BCUT2D eigenvalue weighted by Gasteiger charge is 2.73. The van der Waals surface area contributed by atoms with Crippen molar-refractivity contribution in [3.63, 3.8) is 0 Å². The maximum absolute atomic E-state index is 12.8. The topological polar surface area (TPSA) is 54.4 Å². The molecule has 0 spiro atoms. The second-order valence-corrected chi connectivity index (χ2v) is 5.88. The molecule has 18 heavy (non-hydrogen) atoms. The molecular formula is C8H10F6O3S. The summed E-state index contributed by atoms with van der Waals surface area (Å²) < 4.78 is 103. The molecule has 1 saturated carbocycles. The van der Waals surface area contributed by atoms with Crippen LogP contribution in [0.2, 0.25) is 0 Å². The average Bonchev–Trinajstić information content (AvgIpc) is 2.12. The number of halogens is 6. The van der Waals surface area contributed by atoms with E-state index in [2.05, 4.69) is 0 Å². The molecule has 1 fully saturated rings. The van der Waals surface area contributed by atoms with Gasteiger partial charge < -0.3 is 0 Å². The third kappa shape index (κ3) is 2.31. The van der Waals surface area contributed by atoms with Crippen molar-refractivity contribution in [1.82, 2.24) is 0 Å². The van der Waals surface area contributed by atoms with E-state index in [9.17, 15) is 34.8 Å². The van der Waals surface area contributed by atoms with Crippen LogP contribution in [0.5, 0.6) is 0 Å². The zero-order valence-electron chi connectivity index (χ0n) is 8.85. The zero-order chi connectivity index (χ0) is 14.4. The van der Waals surface area contributed by atoms with E-state index in [4.69, 9.17) is 4.55 Å². The summed E-state index contributed by atoms with van der Waals surface area (Å²) in [4.78, 5) is 0. The summed E-state index contributed by atoms with van der Waals surface area (Å²) in [6.45, 7) is 0. The van der Waals surface area contributed by atoms with Crippen LogP contribution in [-0.4, -0.2) is 30.1 Å². The van der Waals surface area contributed by atoms with Crippen LogP contribution in [0.1, 0.15) is 25.7 Å². The quantitative estimate of drug-likeness (QED) is 0.598. The van der Waals surface area contributed by atoms with Crippen molar-refractivity contribution >= 4 is 10.1 Å². The molecule has 0 bridgehead atoms. The first-order valence-electron chi connectivity index (χ1n) is 4.94. The van der Waals surface area contributed by atoms with Crippen LogP contribution in [-0.2, 0) is 10.1 Å². The molecule has 1 aliphatic rings. The highest BCUT2D eigenvalue weighted by molar-refractivity contribution is 7.87. The predicted octanol–water partition coefficient (Wildman–Crippen LogP) is 2.93. The Kier molecular flexibility index (Phi) is 3.68. The molecule has 10 heteroatoms. The standard InChI is InChI=1S/C8H10F6O3S/c9-7(10,11)5-3-1-2-4-6(5,8(12,13)14)18(15,16)17/h5H,1-4H2,(H,15,16,17). The minimum atomic E-state index is -5.92. The molecule has 0 aromatic heterocycles. The molecule has 0 aromatic carbocycles. The van der Waals surface area contributed by atoms with Crippen molar-refractivity contribution < 1.29 is 39.3 Å². The van der Waals surface area contributed by atoms with E-state index in [0.29, 0.717) is 0 Å². The highest BCUT2D eigenvalue weighted by atomic mass is 32.2. The van der Waals surface area contributed by atoms with Crippen LogP contribution in [0, 0.1) is 5.92 Å². The van der Waals surface area contributed by atoms with E-state index < -0.39 is 46.0 Å². The van der Waals surface area contributed by atoms with Crippen molar-refractivity contribution in [3.8, 4) is 0 Å².